The minimum absolute atomic E-state index is 0.162. The van der Waals surface area contributed by atoms with E-state index in [1.54, 1.807) is 6.08 Å². The molecule has 0 saturated carbocycles. The van der Waals surface area contributed by atoms with Crippen LogP contribution >= 0.6 is 43.6 Å². The molecule has 2 aromatic carbocycles. The van der Waals surface area contributed by atoms with Gasteiger partial charge in [0.1, 0.15) is 12.4 Å². The molecule has 1 fully saturated rings. The van der Waals surface area contributed by atoms with Crippen LogP contribution in [-0.4, -0.2) is 17.7 Å². The number of amides is 1. The lowest BCUT2D eigenvalue weighted by atomic mass is 10.2. The lowest BCUT2D eigenvalue weighted by molar-refractivity contribution is -0.115. The Hall–Kier alpha value is -1.83. The van der Waals surface area contributed by atoms with Gasteiger partial charge < -0.3 is 10.1 Å². The smallest absolute Gasteiger partial charge is 0.264 e. The van der Waals surface area contributed by atoms with Crippen LogP contribution in [0.3, 0.4) is 0 Å². The number of thioether (sulfide) groups is 1. The third kappa shape index (κ3) is 5.12. The normalized spacial score (nSPS) is 16.6. The Morgan fingerprint density at radius 3 is 2.52 bits per heavy atom. The van der Waals surface area contributed by atoms with Crippen LogP contribution in [0, 0.1) is 6.92 Å². The van der Waals surface area contributed by atoms with E-state index in [2.05, 4.69) is 48.7 Å². The average Bonchev–Trinajstić information content (AvgIpc) is 2.95. The first-order valence-corrected chi connectivity index (χ1v) is 10.5. The minimum atomic E-state index is -0.162. The molecule has 1 amide bonds. The summed E-state index contributed by atoms with van der Waals surface area (Å²) in [6.45, 7) is 6.08. The van der Waals surface area contributed by atoms with E-state index in [9.17, 15) is 4.79 Å². The van der Waals surface area contributed by atoms with Gasteiger partial charge in [-0.2, -0.15) is 0 Å². The lowest BCUT2D eigenvalue weighted by Crippen LogP contribution is -2.19. The van der Waals surface area contributed by atoms with Crippen LogP contribution in [0.15, 0.2) is 67.9 Å². The first-order chi connectivity index (χ1) is 13.0. The van der Waals surface area contributed by atoms with Crippen LogP contribution in [0.2, 0.25) is 0 Å². The number of halogens is 2. The highest BCUT2D eigenvalue weighted by Gasteiger charge is 2.24. The molecule has 0 aromatic heterocycles. The highest BCUT2D eigenvalue weighted by Crippen LogP contribution is 2.36. The zero-order valence-electron chi connectivity index (χ0n) is 14.5. The van der Waals surface area contributed by atoms with Crippen molar-refractivity contribution in [1.82, 2.24) is 5.32 Å². The fourth-order valence-electron chi connectivity index (χ4n) is 2.31. The molecule has 1 aliphatic rings. The molecule has 1 aliphatic heterocycles. The summed E-state index contributed by atoms with van der Waals surface area (Å²) in [5.41, 5.74) is 2.84. The van der Waals surface area contributed by atoms with Crippen molar-refractivity contribution in [3.05, 3.63) is 74.0 Å². The van der Waals surface area contributed by atoms with Crippen molar-refractivity contribution in [3.8, 4) is 5.75 Å². The molecule has 0 spiro atoms. The number of rotatable bonds is 5. The Labute approximate surface area is 179 Å². The maximum atomic E-state index is 12.3. The SMILES string of the molecule is C=CCOc1c(Br)cc(/C=C2\SC(=Nc3ccc(C)cc3)NC2=O)cc1Br. The van der Waals surface area contributed by atoms with E-state index in [4.69, 9.17) is 4.74 Å². The second-order valence-electron chi connectivity index (χ2n) is 5.73. The van der Waals surface area contributed by atoms with E-state index >= 15 is 0 Å². The molecule has 0 radical (unpaired) electrons. The number of nitrogens with zero attached hydrogens (tertiary/aromatic N) is 1. The molecule has 2 aromatic rings. The largest absolute Gasteiger partial charge is 0.487 e. The predicted molar refractivity (Wildman–Crippen MR) is 120 cm³/mol. The van der Waals surface area contributed by atoms with E-state index < -0.39 is 0 Å². The van der Waals surface area contributed by atoms with E-state index in [1.165, 1.54) is 17.3 Å². The maximum Gasteiger partial charge on any atom is 0.264 e. The van der Waals surface area contributed by atoms with E-state index in [-0.39, 0.29) is 5.91 Å². The van der Waals surface area contributed by atoms with Crippen LogP contribution in [0.25, 0.3) is 6.08 Å². The van der Waals surface area contributed by atoms with Gasteiger partial charge in [0.05, 0.1) is 19.5 Å². The van der Waals surface area contributed by atoms with Gasteiger partial charge in [0.25, 0.3) is 5.91 Å². The molecule has 1 heterocycles. The van der Waals surface area contributed by atoms with E-state index in [0.717, 1.165) is 20.2 Å². The summed E-state index contributed by atoms with van der Waals surface area (Å²) in [6, 6.07) is 11.6. The van der Waals surface area contributed by atoms with Gasteiger partial charge in [-0.25, -0.2) is 4.99 Å². The van der Waals surface area contributed by atoms with E-state index in [0.29, 0.717) is 22.4 Å². The number of nitrogens with one attached hydrogen (secondary N) is 1. The zero-order valence-corrected chi connectivity index (χ0v) is 18.4. The molecule has 1 N–H and O–H groups in total. The lowest BCUT2D eigenvalue weighted by Gasteiger charge is -2.09. The highest BCUT2D eigenvalue weighted by molar-refractivity contribution is 9.11. The van der Waals surface area contributed by atoms with Crippen molar-refractivity contribution in [3.63, 3.8) is 0 Å². The Balaban J connectivity index is 1.82. The van der Waals surface area contributed by atoms with E-state index in [1.807, 2.05) is 49.4 Å². The molecule has 0 unspecified atom stereocenters. The monoisotopic (exact) mass is 506 g/mol. The number of amidine groups is 1. The molecule has 7 heteroatoms. The van der Waals surface area contributed by atoms with Gasteiger partial charge in [-0.1, -0.05) is 30.4 Å². The Morgan fingerprint density at radius 2 is 1.89 bits per heavy atom. The topological polar surface area (TPSA) is 50.7 Å². The van der Waals surface area contributed by atoms with Gasteiger partial charge >= 0.3 is 0 Å². The second-order valence-corrected chi connectivity index (χ2v) is 8.47. The second kappa shape index (κ2) is 8.91. The Kier molecular flexibility index (Phi) is 6.57. The first kappa shape index (κ1) is 19.9. The van der Waals surface area contributed by atoms with Crippen LogP contribution in [0.5, 0.6) is 5.75 Å². The number of hydrogen-bond acceptors (Lipinski definition) is 4. The van der Waals surface area contributed by atoms with Crippen molar-refractivity contribution in [2.45, 2.75) is 6.92 Å². The number of ether oxygens (including phenoxy) is 1. The third-order valence-corrected chi connectivity index (χ3v) is 5.67. The molecular formula is C20H16Br2N2O2S. The van der Waals surface area contributed by atoms with Crippen molar-refractivity contribution >= 4 is 66.5 Å². The summed E-state index contributed by atoms with van der Waals surface area (Å²) in [6.07, 6.45) is 3.51. The third-order valence-electron chi connectivity index (χ3n) is 3.58. The molecule has 0 atom stereocenters. The molecule has 27 heavy (non-hydrogen) atoms. The summed E-state index contributed by atoms with van der Waals surface area (Å²) in [7, 11) is 0. The molecule has 138 valence electrons. The number of carbonyl (C=O) groups is 1. The summed E-state index contributed by atoms with van der Waals surface area (Å²) < 4.78 is 7.21. The predicted octanol–water partition coefficient (Wildman–Crippen LogP) is 5.98. The van der Waals surface area contributed by atoms with Crippen molar-refractivity contribution in [2.24, 2.45) is 4.99 Å². The van der Waals surface area contributed by atoms with Crippen molar-refractivity contribution in [2.75, 3.05) is 6.61 Å². The zero-order chi connectivity index (χ0) is 19.4. The minimum Gasteiger partial charge on any atom is -0.487 e. The number of benzene rings is 2. The fourth-order valence-corrected chi connectivity index (χ4v) is 4.60. The van der Waals surface area contributed by atoms with Gasteiger partial charge in [-0.3, -0.25) is 4.79 Å². The van der Waals surface area contributed by atoms with Crippen LogP contribution < -0.4 is 10.1 Å². The van der Waals surface area contributed by atoms with Gasteiger partial charge in [0.2, 0.25) is 0 Å². The maximum absolute atomic E-state index is 12.3. The fraction of sp³-hybridized carbons (Fsp3) is 0.100. The standard InChI is InChI=1S/C20H16Br2N2O2S/c1-3-8-26-18-15(21)9-13(10-16(18)22)11-17-19(25)24-20(27-17)23-14-6-4-12(2)5-7-14/h3-7,9-11H,1,8H2,2H3,(H,23,24,25)/b17-11-. The van der Waals surface area contributed by atoms with Gasteiger partial charge in [-0.15, -0.1) is 0 Å². The highest BCUT2D eigenvalue weighted by atomic mass is 79.9. The number of aliphatic imine (C=N–C) groups is 1. The van der Waals surface area contributed by atoms with Crippen LogP contribution in [0.4, 0.5) is 5.69 Å². The summed E-state index contributed by atoms with van der Waals surface area (Å²) in [4.78, 5) is 17.3. The molecular weight excluding hydrogens is 492 g/mol. The molecule has 1 saturated heterocycles. The van der Waals surface area contributed by atoms with Gasteiger partial charge in [-0.05, 0) is 86.5 Å². The quantitative estimate of drug-likeness (QED) is 0.400. The Bertz CT molecular complexity index is 930. The summed E-state index contributed by atoms with van der Waals surface area (Å²) in [5.74, 6) is 0.535. The number of carbonyl (C=O) groups excluding carboxylic acids is 1. The molecule has 3 rings (SSSR count). The summed E-state index contributed by atoms with van der Waals surface area (Å²) in [5, 5.41) is 3.37. The molecule has 4 nitrogen and oxygen atoms in total. The van der Waals surface area contributed by atoms with Crippen molar-refractivity contribution < 1.29 is 9.53 Å². The number of aryl methyl sites for hydroxylation is 1. The summed E-state index contributed by atoms with van der Waals surface area (Å²) >= 11 is 8.33. The van der Waals surface area contributed by atoms with Crippen molar-refractivity contribution in [1.29, 1.82) is 0 Å². The molecule has 0 bridgehead atoms. The Morgan fingerprint density at radius 1 is 1.22 bits per heavy atom. The van der Waals surface area contributed by atoms with Crippen LogP contribution in [-0.2, 0) is 4.79 Å². The molecule has 0 aliphatic carbocycles. The van der Waals surface area contributed by atoms with Gasteiger partial charge in [0.15, 0.2) is 5.17 Å². The van der Waals surface area contributed by atoms with Gasteiger partial charge in [0, 0.05) is 0 Å². The average molecular weight is 508 g/mol. The number of hydrogen-bond donors (Lipinski definition) is 1. The van der Waals surface area contributed by atoms with Crippen LogP contribution in [0.1, 0.15) is 11.1 Å². The first-order valence-electron chi connectivity index (χ1n) is 8.05.